The van der Waals surface area contributed by atoms with Crippen LogP contribution in [0.3, 0.4) is 0 Å². The molecule has 15 heavy (non-hydrogen) atoms. The van der Waals surface area contributed by atoms with Crippen molar-refractivity contribution in [3.63, 3.8) is 0 Å². The van der Waals surface area contributed by atoms with Crippen LogP contribution < -0.4 is 5.32 Å². The number of nitrogens with one attached hydrogen (secondary N) is 1. The van der Waals surface area contributed by atoms with Gasteiger partial charge in [0.05, 0.1) is 12.2 Å². The van der Waals surface area contributed by atoms with Crippen molar-refractivity contribution in [1.29, 1.82) is 0 Å². The number of hydrogen-bond donors (Lipinski definition) is 1. The monoisotopic (exact) mass is 205 g/mol. The van der Waals surface area contributed by atoms with Crippen LogP contribution in [0, 0.1) is 6.92 Å². The molecule has 0 spiro atoms. The van der Waals surface area contributed by atoms with E-state index < -0.39 is 0 Å². The molecule has 2 fully saturated rings. The molecule has 3 heteroatoms. The second-order valence-corrected chi connectivity index (χ2v) is 4.86. The third-order valence-electron chi connectivity index (χ3n) is 3.66. The highest BCUT2D eigenvalue weighted by atomic mass is 15.3. The zero-order chi connectivity index (χ0) is 10.3. The van der Waals surface area contributed by atoms with Crippen molar-refractivity contribution in [2.24, 2.45) is 0 Å². The molecule has 1 N–H and O–H groups in total. The van der Waals surface area contributed by atoms with Crippen LogP contribution in [0.15, 0.2) is 6.20 Å². The smallest absolute Gasteiger partial charge is 0.0540 e. The Balaban J connectivity index is 1.83. The van der Waals surface area contributed by atoms with E-state index in [1.165, 1.54) is 49.9 Å². The Morgan fingerprint density at radius 2 is 2.20 bits per heavy atom. The lowest BCUT2D eigenvalue weighted by Crippen LogP contribution is -2.27. The van der Waals surface area contributed by atoms with E-state index in [4.69, 9.17) is 0 Å². The van der Waals surface area contributed by atoms with Gasteiger partial charge in [0.2, 0.25) is 0 Å². The first-order valence-corrected chi connectivity index (χ1v) is 6.13. The molecule has 1 saturated carbocycles. The molecule has 0 bridgehead atoms. The quantitative estimate of drug-likeness (QED) is 0.803. The standard InChI is InChI=1S/C12H19N3/c1-9-11(12-4-2-3-7-13-12)8-14-15(9)10-5-6-10/h8,10,12-13H,2-7H2,1H3. The molecular formula is C12H19N3. The summed E-state index contributed by atoms with van der Waals surface area (Å²) >= 11 is 0. The minimum Gasteiger partial charge on any atom is -0.310 e. The molecule has 1 aliphatic carbocycles. The Bertz CT molecular complexity index is 346. The summed E-state index contributed by atoms with van der Waals surface area (Å²) in [6.45, 7) is 3.38. The Labute approximate surface area is 90.9 Å². The Morgan fingerprint density at radius 1 is 1.33 bits per heavy atom. The maximum Gasteiger partial charge on any atom is 0.0540 e. The van der Waals surface area contributed by atoms with Gasteiger partial charge >= 0.3 is 0 Å². The maximum atomic E-state index is 4.53. The van der Waals surface area contributed by atoms with Crippen molar-refractivity contribution in [1.82, 2.24) is 15.1 Å². The van der Waals surface area contributed by atoms with Crippen LogP contribution in [0.5, 0.6) is 0 Å². The van der Waals surface area contributed by atoms with Gasteiger partial charge in [-0.05, 0) is 39.2 Å². The molecule has 1 aromatic heterocycles. The second-order valence-electron chi connectivity index (χ2n) is 4.86. The predicted octanol–water partition coefficient (Wildman–Crippen LogP) is 2.34. The van der Waals surface area contributed by atoms with Crippen molar-refractivity contribution in [2.45, 2.75) is 51.1 Å². The van der Waals surface area contributed by atoms with Crippen LogP contribution >= 0.6 is 0 Å². The van der Waals surface area contributed by atoms with E-state index in [2.05, 4.69) is 28.2 Å². The van der Waals surface area contributed by atoms with Gasteiger partial charge in [-0.25, -0.2) is 0 Å². The fourth-order valence-corrected chi connectivity index (χ4v) is 2.58. The number of aromatic nitrogens is 2. The molecule has 1 saturated heterocycles. The first kappa shape index (κ1) is 9.40. The summed E-state index contributed by atoms with van der Waals surface area (Å²) in [5.41, 5.74) is 2.82. The van der Waals surface area contributed by atoms with Gasteiger partial charge in [-0.1, -0.05) is 6.42 Å². The summed E-state index contributed by atoms with van der Waals surface area (Å²) in [5, 5.41) is 8.13. The molecule has 1 aliphatic heterocycles. The van der Waals surface area contributed by atoms with E-state index in [0.29, 0.717) is 12.1 Å². The van der Waals surface area contributed by atoms with E-state index in [1.54, 1.807) is 0 Å². The Kier molecular flexibility index (Phi) is 2.28. The molecular weight excluding hydrogens is 186 g/mol. The van der Waals surface area contributed by atoms with Crippen LogP contribution in [0.2, 0.25) is 0 Å². The zero-order valence-corrected chi connectivity index (χ0v) is 9.37. The molecule has 2 heterocycles. The first-order chi connectivity index (χ1) is 7.36. The summed E-state index contributed by atoms with van der Waals surface area (Å²) in [6.07, 6.45) is 8.67. The van der Waals surface area contributed by atoms with Gasteiger partial charge in [-0.3, -0.25) is 4.68 Å². The highest BCUT2D eigenvalue weighted by Gasteiger charge is 2.28. The van der Waals surface area contributed by atoms with Gasteiger partial charge in [-0.2, -0.15) is 5.10 Å². The van der Waals surface area contributed by atoms with Gasteiger partial charge in [0.25, 0.3) is 0 Å². The average molecular weight is 205 g/mol. The molecule has 1 aromatic rings. The number of nitrogens with zero attached hydrogens (tertiary/aromatic N) is 2. The predicted molar refractivity (Wildman–Crippen MR) is 59.8 cm³/mol. The SMILES string of the molecule is Cc1c(C2CCCCN2)cnn1C1CC1. The molecule has 1 atom stereocenters. The van der Waals surface area contributed by atoms with Crippen molar-refractivity contribution < 1.29 is 0 Å². The number of hydrogen-bond acceptors (Lipinski definition) is 2. The topological polar surface area (TPSA) is 29.9 Å². The molecule has 0 amide bonds. The summed E-state index contributed by atoms with van der Waals surface area (Å²) in [4.78, 5) is 0. The Morgan fingerprint density at radius 3 is 2.87 bits per heavy atom. The van der Waals surface area contributed by atoms with Crippen molar-refractivity contribution in [2.75, 3.05) is 6.54 Å². The minimum atomic E-state index is 0.561. The van der Waals surface area contributed by atoms with Crippen LogP contribution in [0.4, 0.5) is 0 Å². The third-order valence-corrected chi connectivity index (χ3v) is 3.66. The number of rotatable bonds is 2. The van der Waals surface area contributed by atoms with Gasteiger partial charge in [0, 0.05) is 17.3 Å². The maximum absolute atomic E-state index is 4.53. The van der Waals surface area contributed by atoms with Crippen LogP contribution in [0.1, 0.15) is 55.4 Å². The molecule has 2 aliphatic rings. The molecule has 82 valence electrons. The second kappa shape index (κ2) is 3.63. The lowest BCUT2D eigenvalue weighted by atomic mass is 9.98. The fourth-order valence-electron chi connectivity index (χ4n) is 2.58. The highest BCUT2D eigenvalue weighted by molar-refractivity contribution is 5.22. The summed E-state index contributed by atoms with van der Waals surface area (Å²) in [5.74, 6) is 0. The van der Waals surface area contributed by atoms with Gasteiger partial charge in [0.15, 0.2) is 0 Å². The van der Waals surface area contributed by atoms with Crippen LogP contribution in [-0.4, -0.2) is 16.3 Å². The molecule has 1 unspecified atom stereocenters. The lowest BCUT2D eigenvalue weighted by molar-refractivity contribution is 0.410. The van der Waals surface area contributed by atoms with E-state index in [-0.39, 0.29) is 0 Å². The van der Waals surface area contributed by atoms with Crippen LogP contribution in [0.25, 0.3) is 0 Å². The van der Waals surface area contributed by atoms with E-state index >= 15 is 0 Å². The Hall–Kier alpha value is -0.830. The number of piperidine rings is 1. The van der Waals surface area contributed by atoms with Crippen molar-refractivity contribution >= 4 is 0 Å². The average Bonchev–Trinajstić information content (AvgIpc) is 3.04. The summed E-state index contributed by atoms with van der Waals surface area (Å²) in [7, 11) is 0. The molecule has 0 aromatic carbocycles. The van der Waals surface area contributed by atoms with Crippen molar-refractivity contribution in [3.8, 4) is 0 Å². The first-order valence-electron chi connectivity index (χ1n) is 6.13. The normalized spacial score (nSPS) is 26.9. The van der Waals surface area contributed by atoms with E-state index in [9.17, 15) is 0 Å². The zero-order valence-electron chi connectivity index (χ0n) is 9.37. The summed E-state index contributed by atoms with van der Waals surface area (Å²) in [6, 6.07) is 1.27. The van der Waals surface area contributed by atoms with Gasteiger partial charge in [0.1, 0.15) is 0 Å². The molecule has 3 rings (SSSR count). The minimum absolute atomic E-state index is 0.561. The summed E-state index contributed by atoms with van der Waals surface area (Å²) < 4.78 is 2.23. The van der Waals surface area contributed by atoms with Crippen molar-refractivity contribution in [3.05, 3.63) is 17.5 Å². The molecule has 3 nitrogen and oxygen atoms in total. The third kappa shape index (κ3) is 1.69. The fraction of sp³-hybridized carbons (Fsp3) is 0.750. The van der Waals surface area contributed by atoms with Gasteiger partial charge < -0.3 is 5.32 Å². The van der Waals surface area contributed by atoms with Crippen LogP contribution in [-0.2, 0) is 0 Å². The highest BCUT2D eigenvalue weighted by Crippen LogP contribution is 2.37. The van der Waals surface area contributed by atoms with E-state index in [1.807, 2.05) is 0 Å². The van der Waals surface area contributed by atoms with E-state index in [0.717, 1.165) is 0 Å². The largest absolute Gasteiger partial charge is 0.310 e. The molecule has 0 radical (unpaired) electrons. The van der Waals surface area contributed by atoms with Gasteiger partial charge in [-0.15, -0.1) is 0 Å². The lowest BCUT2D eigenvalue weighted by Gasteiger charge is -2.23.